The van der Waals surface area contributed by atoms with E-state index >= 15 is 0 Å². The normalized spacial score (nSPS) is 12.4. The Hall–Kier alpha value is -1.02. The van der Waals surface area contributed by atoms with Gasteiger partial charge in [0.15, 0.2) is 0 Å². The monoisotopic (exact) mass is 221 g/mol. The van der Waals surface area contributed by atoms with Gasteiger partial charge in [-0.25, -0.2) is 0 Å². The Morgan fingerprint density at radius 2 is 2.12 bits per heavy atom. The summed E-state index contributed by atoms with van der Waals surface area (Å²) in [5, 5.41) is 3.53. The number of likely N-dealkylation sites (N-methyl/N-ethyl adjacent to an activating group) is 1. The maximum absolute atomic E-state index is 5.24. The van der Waals surface area contributed by atoms with Gasteiger partial charge in [0.2, 0.25) is 0 Å². The number of methoxy groups -OCH3 is 1. The molecule has 0 saturated carbocycles. The van der Waals surface area contributed by atoms with Gasteiger partial charge in [0.25, 0.3) is 0 Å². The molecule has 0 aliphatic carbocycles. The number of nitrogens with one attached hydrogen (secondary N) is 1. The zero-order chi connectivity index (χ0) is 11.8. The second kappa shape index (κ2) is 7.29. The van der Waals surface area contributed by atoms with E-state index < -0.39 is 0 Å². The smallest absolute Gasteiger partial charge is 0.119 e. The number of ether oxygens (including phenoxy) is 1. The van der Waals surface area contributed by atoms with Gasteiger partial charge in [-0.1, -0.05) is 32.4 Å². The molecule has 0 aliphatic rings. The molecule has 1 rings (SSSR count). The largest absolute Gasteiger partial charge is 0.497 e. The van der Waals surface area contributed by atoms with Crippen molar-refractivity contribution < 1.29 is 4.74 Å². The summed E-state index contributed by atoms with van der Waals surface area (Å²) in [6, 6.07) is 8.93. The van der Waals surface area contributed by atoms with Gasteiger partial charge in [-0.05, 0) is 37.1 Å². The quantitative estimate of drug-likeness (QED) is 0.764. The van der Waals surface area contributed by atoms with Crippen molar-refractivity contribution >= 4 is 0 Å². The number of rotatable bonds is 7. The van der Waals surface area contributed by atoms with Crippen LogP contribution in [0.1, 0.15) is 32.3 Å². The first-order chi connectivity index (χ1) is 7.80. The zero-order valence-electron chi connectivity index (χ0n) is 10.6. The molecular formula is C14H23NO. The molecule has 1 aromatic rings. The molecule has 1 unspecified atom stereocenters. The molecule has 0 aliphatic heterocycles. The Labute approximate surface area is 99.0 Å². The van der Waals surface area contributed by atoms with E-state index in [9.17, 15) is 0 Å². The predicted molar refractivity (Wildman–Crippen MR) is 69.1 cm³/mol. The molecule has 2 heteroatoms. The third-order valence-electron chi connectivity index (χ3n) is 2.75. The molecule has 16 heavy (non-hydrogen) atoms. The summed E-state index contributed by atoms with van der Waals surface area (Å²) in [6.07, 6.45) is 3.53. The standard InChI is InChI=1S/C14H23NO/c1-4-7-13(15-5-2)10-12-8-6-9-14(11-12)16-3/h6,8-9,11,13,15H,4-5,7,10H2,1-3H3. The van der Waals surface area contributed by atoms with Gasteiger partial charge in [-0.15, -0.1) is 0 Å². The van der Waals surface area contributed by atoms with Crippen LogP contribution in [0.5, 0.6) is 5.75 Å². The molecule has 0 aromatic heterocycles. The topological polar surface area (TPSA) is 21.3 Å². The second-order valence-corrected chi connectivity index (χ2v) is 4.10. The predicted octanol–water partition coefficient (Wildman–Crippen LogP) is 3.02. The van der Waals surface area contributed by atoms with Gasteiger partial charge in [0.05, 0.1) is 7.11 Å². The first-order valence-corrected chi connectivity index (χ1v) is 6.16. The lowest BCUT2D eigenvalue weighted by molar-refractivity contribution is 0.413. The third-order valence-corrected chi connectivity index (χ3v) is 2.75. The molecule has 0 fully saturated rings. The highest BCUT2D eigenvalue weighted by atomic mass is 16.5. The molecular weight excluding hydrogens is 198 g/mol. The molecule has 0 amide bonds. The average Bonchev–Trinajstić information content (AvgIpc) is 2.30. The van der Waals surface area contributed by atoms with Crippen LogP contribution < -0.4 is 10.1 Å². The molecule has 0 spiro atoms. The van der Waals surface area contributed by atoms with Crippen LogP contribution in [-0.4, -0.2) is 19.7 Å². The first kappa shape index (κ1) is 13.0. The lowest BCUT2D eigenvalue weighted by atomic mass is 10.0. The van der Waals surface area contributed by atoms with Crippen molar-refractivity contribution in [1.82, 2.24) is 5.32 Å². The molecule has 1 atom stereocenters. The van der Waals surface area contributed by atoms with E-state index in [1.165, 1.54) is 18.4 Å². The molecule has 0 heterocycles. The fourth-order valence-corrected chi connectivity index (χ4v) is 2.00. The summed E-state index contributed by atoms with van der Waals surface area (Å²) in [4.78, 5) is 0. The summed E-state index contributed by atoms with van der Waals surface area (Å²) >= 11 is 0. The van der Waals surface area contributed by atoms with Crippen LogP contribution in [0.4, 0.5) is 0 Å². The average molecular weight is 221 g/mol. The highest BCUT2D eigenvalue weighted by Crippen LogP contribution is 2.15. The van der Waals surface area contributed by atoms with Crippen LogP contribution in [0.3, 0.4) is 0 Å². The molecule has 0 bridgehead atoms. The van der Waals surface area contributed by atoms with Crippen LogP contribution in [0.15, 0.2) is 24.3 Å². The highest BCUT2D eigenvalue weighted by molar-refractivity contribution is 5.28. The highest BCUT2D eigenvalue weighted by Gasteiger charge is 2.07. The van der Waals surface area contributed by atoms with Crippen LogP contribution in [0.25, 0.3) is 0 Å². The van der Waals surface area contributed by atoms with Crippen molar-refractivity contribution in [2.24, 2.45) is 0 Å². The van der Waals surface area contributed by atoms with Crippen molar-refractivity contribution in [3.8, 4) is 5.75 Å². The van der Waals surface area contributed by atoms with Gasteiger partial charge in [-0.2, -0.15) is 0 Å². The van der Waals surface area contributed by atoms with Crippen molar-refractivity contribution in [3.05, 3.63) is 29.8 Å². The van der Waals surface area contributed by atoms with Gasteiger partial charge in [0.1, 0.15) is 5.75 Å². The summed E-state index contributed by atoms with van der Waals surface area (Å²) in [7, 11) is 1.72. The molecule has 0 radical (unpaired) electrons. The third kappa shape index (κ3) is 4.23. The van der Waals surface area contributed by atoms with Gasteiger partial charge < -0.3 is 10.1 Å². The van der Waals surface area contributed by atoms with E-state index in [1.54, 1.807) is 7.11 Å². The SMILES string of the molecule is CCCC(Cc1cccc(OC)c1)NCC. The van der Waals surface area contributed by atoms with E-state index in [-0.39, 0.29) is 0 Å². The summed E-state index contributed by atoms with van der Waals surface area (Å²) in [5.41, 5.74) is 1.35. The van der Waals surface area contributed by atoms with E-state index in [4.69, 9.17) is 4.74 Å². The van der Waals surface area contributed by atoms with Crippen molar-refractivity contribution in [1.29, 1.82) is 0 Å². The maximum Gasteiger partial charge on any atom is 0.119 e. The summed E-state index contributed by atoms with van der Waals surface area (Å²) < 4.78 is 5.24. The van der Waals surface area contributed by atoms with E-state index in [0.717, 1.165) is 18.7 Å². The van der Waals surface area contributed by atoms with Gasteiger partial charge >= 0.3 is 0 Å². The van der Waals surface area contributed by atoms with E-state index in [1.807, 2.05) is 6.07 Å². The molecule has 2 nitrogen and oxygen atoms in total. The Balaban J connectivity index is 2.60. The molecule has 1 aromatic carbocycles. The van der Waals surface area contributed by atoms with Crippen LogP contribution in [0, 0.1) is 0 Å². The minimum Gasteiger partial charge on any atom is -0.497 e. The summed E-state index contributed by atoms with van der Waals surface area (Å²) in [6.45, 7) is 5.43. The molecule has 1 N–H and O–H groups in total. The fourth-order valence-electron chi connectivity index (χ4n) is 2.00. The van der Waals surface area contributed by atoms with Crippen molar-refractivity contribution in [2.45, 2.75) is 39.2 Å². The number of hydrogen-bond donors (Lipinski definition) is 1. The van der Waals surface area contributed by atoms with Crippen LogP contribution >= 0.6 is 0 Å². The Kier molecular flexibility index (Phi) is 5.94. The Morgan fingerprint density at radius 3 is 2.75 bits per heavy atom. The fraction of sp³-hybridized carbons (Fsp3) is 0.571. The van der Waals surface area contributed by atoms with E-state index in [2.05, 4.69) is 37.4 Å². The van der Waals surface area contributed by atoms with E-state index in [0.29, 0.717) is 6.04 Å². The molecule has 0 saturated heterocycles. The van der Waals surface area contributed by atoms with Crippen LogP contribution in [0.2, 0.25) is 0 Å². The van der Waals surface area contributed by atoms with Gasteiger partial charge in [-0.3, -0.25) is 0 Å². The van der Waals surface area contributed by atoms with Crippen molar-refractivity contribution in [3.63, 3.8) is 0 Å². The Morgan fingerprint density at radius 1 is 1.31 bits per heavy atom. The number of benzene rings is 1. The first-order valence-electron chi connectivity index (χ1n) is 6.16. The molecule has 90 valence electrons. The maximum atomic E-state index is 5.24. The minimum atomic E-state index is 0.585. The lowest BCUT2D eigenvalue weighted by Crippen LogP contribution is -2.30. The summed E-state index contributed by atoms with van der Waals surface area (Å²) in [5.74, 6) is 0.948. The van der Waals surface area contributed by atoms with Gasteiger partial charge in [0, 0.05) is 6.04 Å². The van der Waals surface area contributed by atoms with Crippen molar-refractivity contribution in [2.75, 3.05) is 13.7 Å². The number of hydrogen-bond acceptors (Lipinski definition) is 2. The second-order valence-electron chi connectivity index (χ2n) is 4.10. The van der Waals surface area contributed by atoms with Crippen LogP contribution in [-0.2, 0) is 6.42 Å². The minimum absolute atomic E-state index is 0.585. The lowest BCUT2D eigenvalue weighted by Gasteiger charge is -2.17. The Bertz CT molecular complexity index is 293. The zero-order valence-corrected chi connectivity index (χ0v) is 10.6.